The van der Waals surface area contributed by atoms with Crippen LogP contribution in [0.4, 0.5) is 8.78 Å². The topological polar surface area (TPSA) is 62.1 Å². The predicted molar refractivity (Wildman–Crippen MR) is 102 cm³/mol. The van der Waals surface area contributed by atoms with Crippen LogP contribution in [0.2, 0.25) is 0 Å². The lowest BCUT2D eigenvalue weighted by Gasteiger charge is -2.21. The molecule has 1 N–H and O–H groups in total. The predicted octanol–water partition coefficient (Wildman–Crippen LogP) is 5.31. The number of hydrogen-bond acceptors (Lipinski definition) is 4. The maximum Gasteiger partial charge on any atom is 0.295 e. The minimum atomic E-state index is -2.69. The van der Waals surface area contributed by atoms with Crippen molar-refractivity contribution >= 4 is 28.3 Å². The molecular weight excluding hydrogens is 384 g/mol. The zero-order valence-electron chi connectivity index (χ0n) is 15.0. The number of thiophene rings is 1. The Morgan fingerprint density at radius 2 is 2.11 bits per heavy atom. The Balaban J connectivity index is 1.64. The molecule has 0 aliphatic heterocycles. The number of aryl methyl sites for hydroxylation is 1. The molecule has 0 aliphatic carbocycles. The molecule has 1 aromatic carbocycles. The molecule has 8 heteroatoms. The van der Waals surface area contributed by atoms with E-state index < -0.39 is 12.2 Å². The minimum Gasteiger partial charge on any atom is -0.467 e. The average molecular weight is 401 g/mol. The van der Waals surface area contributed by atoms with Gasteiger partial charge < -0.3 is 14.3 Å². The van der Waals surface area contributed by atoms with Crippen molar-refractivity contribution in [3.8, 4) is 0 Å². The van der Waals surface area contributed by atoms with Crippen molar-refractivity contribution in [3.63, 3.8) is 0 Å². The highest BCUT2D eigenvalue weighted by atomic mass is 32.1. The highest BCUT2D eigenvalue weighted by Crippen LogP contribution is 2.23. The number of nitrogens with one attached hydrogen (secondary N) is 1. The first-order chi connectivity index (χ1) is 13.5. The van der Waals surface area contributed by atoms with Crippen LogP contribution in [-0.2, 0) is 13.1 Å². The van der Waals surface area contributed by atoms with Crippen LogP contribution in [0.5, 0.6) is 0 Å². The van der Waals surface area contributed by atoms with E-state index in [1.54, 1.807) is 46.8 Å². The van der Waals surface area contributed by atoms with Crippen LogP contribution in [0.3, 0.4) is 0 Å². The summed E-state index contributed by atoms with van der Waals surface area (Å²) >= 11 is 1.63. The van der Waals surface area contributed by atoms with E-state index >= 15 is 0 Å². The van der Waals surface area contributed by atoms with Gasteiger partial charge in [-0.2, -0.15) is 0 Å². The largest absolute Gasteiger partial charge is 0.467 e. The van der Waals surface area contributed by atoms with Crippen molar-refractivity contribution in [1.29, 1.82) is 0 Å². The lowest BCUT2D eigenvalue weighted by atomic mass is 10.1. The van der Waals surface area contributed by atoms with E-state index in [2.05, 4.69) is 9.97 Å². The van der Waals surface area contributed by atoms with Crippen molar-refractivity contribution in [2.75, 3.05) is 0 Å². The zero-order valence-corrected chi connectivity index (χ0v) is 15.8. The van der Waals surface area contributed by atoms with Gasteiger partial charge in [0.2, 0.25) is 0 Å². The van der Waals surface area contributed by atoms with Crippen molar-refractivity contribution in [2.45, 2.75) is 26.4 Å². The fourth-order valence-corrected chi connectivity index (χ4v) is 3.90. The molecule has 0 radical (unpaired) electrons. The van der Waals surface area contributed by atoms with Gasteiger partial charge in [0.25, 0.3) is 12.3 Å². The van der Waals surface area contributed by atoms with E-state index in [4.69, 9.17) is 4.42 Å². The molecular formula is C20H17F2N3O2S. The molecule has 0 unspecified atom stereocenters. The van der Waals surface area contributed by atoms with Crippen LogP contribution in [0.15, 0.2) is 53.1 Å². The van der Waals surface area contributed by atoms with E-state index in [1.807, 2.05) is 25.1 Å². The smallest absolute Gasteiger partial charge is 0.295 e. The number of aromatic nitrogens is 2. The van der Waals surface area contributed by atoms with Gasteiger partial charge in [0.1, 0.15) is 5.76 Å². The van der Waals surface area contributed by atoms with Gasteiger partial charge in [-0.05, 0) is 49.4 Å². The van der Waals surface area contributed by atoms with Gasteiger partial charge in [0.15, 0.2) is 5.82 Å². The molecule has 0 bridgehead atoms. The Morgan fingerprint density at radius 1 is 1.25 bits per heavy atom. The van der Waals surface area contributed by atoms with Crippen LogP contribution >= 0.6 is 11.3 Å². The van der Waals surface area contributed by atoms with E-state index in [9.17, 15) is 13.6 Å². The van der Waals surface area contributed by atoms with Crippen molar-refractivity contribution in [1.82, 2.24) is 14.9 Å². The number of rotatable bonds is 6. The van der Waals surface area contributed by atoms with Gasteiger partial charge in [-0.15, -0.1) is 11.3 Å². The molecule has 0 atom stereocenters. The van der Waals surface area contributed by atoms with Gasteiger partial charge in [-0.3, -0.25) is 4.79 Å². The number of fused-ring (bicyclic) bond motifs is 1. The first kappa shape index (κ1) is 18.4. The number of imidazole rings is 1. The number of amides is 1. The van der Waals surface area contributed by atoms with Crippen molar-refractivity contribution < 1.29 is 18.0 Å². The Morgan fingerprint density at radius 3 is 2.79 bits per heavy atom. The third-order valence-corrected chi connectivity index (χ3v) is 5.30. The lowest BCUT2D eigenvalue weighted by molar-refractivity contribution is 0.0719. The van der Waals surface area contributed by atoms with Crippen LogP contribution in [0.1, 0.15) is 38.1 Å². The molecule has 28 heavy (non-hydrogen) atoms. The maximum absolute atomic E-state index is 13.2. The summed E-state index contributed by atoms with van der Waals surface area (Å²) in [5.41, 5.74) is 1.21. The SMILES string of the molecule is Cc1ccc(CN(Cc2ccco2)C(=O)c2ccc3nc(C(F)F)[nH]c3c2)s1. The van der Waals surface area contributed by atoms with E-state index in [1.165, 1.54) is 4.88 Å². The zero-order chi connectivity index (χ0) is 19.7. The number of hydrogen-bond donors (Lipinski definition) is 1. The second-order valence-corrected chi connectivity index (χ2v) is 7.78. The molecule has 0 spiro atoms. The van der Waals surface area contributed by atoms with Crippen molar-refractivity contribution in [2.24, 2.45) is 0 Å². The number of aromatic amines is 1. The van der Waals surface area contributed by atoms with Crippen LogP contribution in [0.25, 0.3) is 11.0 Å². The highest BCUT2D eigenvalue weighted by molar-refractivity contribution is 7.11. The molecule has 4 aromatic rings. The van der Waals surface area contributed by atoms with Crippen LogP contribution < -0.4 is 0 Å². The number of halogens is 2. The third kappa shape index (κ3) is 3.82. The number of benzene rings is 1. The van der Waals surface area contributed by atoms with E-state index in [-0.39, 0.29) is 5.91 Å². The molecule has 0 saturated heterocycles. The Bertz CT molecular complexity index is 1100. The Labute approximate surface area is 163 Å². The minimum absolute atomic E-state index is 0.211. The fraction of sp³-hybridized carbons (Fsp3) is 0.200. The molecule has 0 saturated carbocycles. The summed E-state index contributed by atoms with van der Waals surface area (Å²) in [6, 6.07) is 12.3. The number of nitrogens with zero attached hydrogens (tertiary/aromatic N) is 2. The molecule has 144 valence electrons. The van der Waals surface area contributed by atoms with Gasteiger partial charge in [-0.1, -0.05) is 0 Å². The summed E-state index contributed by atoms with van der Waals surface area (Å²) in [7, 11) is 0. The Hall–Kier alpha value is -3.00. The van der Waals surface area contributed by atoms with Crippen LogP contribution in [0, 0.1) is 6.92 Å². The van der Waals surface area contributed by atoms with Crippen LogP contribution in [-0.4, -0.2) is 20.8 Å². The van der Waals surface area contributed by atoms with Gasteiger partial charge in [-0.25, -0.2) is 13.8 Å². The normalized spacial score (nSPS) is 11.4. The third-order valence-electron chi connectivity index (χ3n) is 4.31. The second kappa shape index (κ2) is 7.55. The number of carbonyl (C=O) groups excluding carboxylic acids is 1. The fourth-order valence-electron chi connectivity index (χ4n) is 3.00. The molecule has 0 aliphatic rings. The molecule has 5 nitrogen and oxygen atoms in total. The quantitative estimate of drug-likeness (QED) is 0.476. The first-order valence-corrected chi connectivity index (χ1v) is 9.46. The monoisotopic (exact) mass is 401 g/mol. The summed E-state index contributed by atoms with van der Waals surface area (Å²) in [6.45, 7) is 2.76. The summed E-state index contributed by atoms with van der Waals surface area (Å²) in [5.74, 6) is 0.0582. The maximum atomic E-state index is 13.2. The summed E-state index contributed by atoms with van der Waals surface area (Å²) in [4.78, 5) is 23.5. The molecule has 1 amide bonds. The van der Waals surface area contributed by atoms with Gasteiger partial charge >= 0.3 is 0 Å². The Kier molecular flexibility index (Phi) is 4.95. The van der Waals surface area contributed by atoms with Crippen molar-refractivity contribution in [3.05, 3.63) is 75.6 Å². The molecule has 4 rings (SSSR count). The molecule has 3 aromatic heterocycles. The number of alkyl halides is 2. The number of furan rings is 1. The van der Waals surface area contributed by atoms with E-state index in [0.29, 0.717) is 35.4 Å². The first-order valence-electron chi connectivity index (χ1n) is 8.64. The highest BCUT2D eigenvalue weighted by Gasteiger charge is 2.20. The standard InChI is InChI=1S/C20H17F2N3O2S/c1-12-4-6-15(28-12)11-25(10-14-3-2-8-27-14)20(26)13-5-7-16-17(9-13)24-19(23-16)18(21)22/h2-9,18H,10-11H2,1H3,(H,23,24). The molecule has 3 heterocycles. The molecule has 0 fully saturated rings. The summed E-state index contributed by atoms with van der Waals surface area (Å²) < 4.78 is 31.1. The van der Waals surface area contributed by atoms with E-state index in [0.717, 1.165) is 4.88 Å². The number of carbonyl (C=O) groups is 1. The van der Waals surface area contributed by atoms with Gasteiger partial charge in [0.05, 0.1) is 30.4 Å². The van der Waals surface area contributed by atoms with Gasteiger partial charge in [0, 0.05) is 15.3 Å². The lowest BCUT2D eigenvalue weighted by Crippen LogP contribution is -2.29. The summed E-state index contributed by atoms with van der Waals surface area (Å²) in [5, 5.41) is 0. The summed E-state index contributed by atoms with van der Waals surface area (Å²) in [6.07, 6.45) is -1.13. The average Bonchev–Trinajstić information content (AvgIpc) is 3.40. The second-order valence-electron chi connectivity index (χ2n) is 6.41. The number of H-pyrrole nitrogens is 1.